The van der Waals surface area contributed by atoms with E-state index in [-0.39, 0.29) is 24.9 Å². The molecule has 1 aliphatic rings. The molecule has 3 rings (SSSR count). The van der Waals surface area contributed by atoms with E-state index >= 15 is 0 Å². The minimum absolute atomic E-state index is 0. The van der Waals surface area contributed by atoms with Crippen LogP contribution in [0.15, 0.2) is 48.8 Å². The van der Waals surface area contributed by atoms with Gasteiger partial charge in [0.25, 0.3) is 0 Å². The van der Waals surface area contributed by atoms with E-state index in [0.717, 1.165) is 32.1 Å². The average Bonchev–Trinajstić information content (AvgIpc) is 2.72. The van der Waals surface area contributed by atoms with Crippen LogP contribution in [0.3, 0.4) is 0 Å². The number of aliphatic hydroxyl groups is 1. The summed E-state index contributed by atoms with van der Waals surface area (Å²) in [7, 11) is 0. The van der Waals surface area contributed by atoms with Crippen LogP contribution in [-0.2, 0) is 15.1 Å². The Hall–Kier alpha value is -2.18. The number of benzene rings is 1. The molecule has 0 radical (unpaired) electrons. The topological polar surface area (TPSA) is 84.3 Å². The largest absolute Gasteiger partial charge is 0.461 e. The van der Waals surface area contributed by atoms with Crippen molar-refractivity contribution in [3.8, 4) is 0 Å². The van der Waals surface area contributed by atoms with Crippen LogP contribution in [0.5, 0.6) is 0 Å². The van der Waals surface area contributed by atoms with Crippen molar-refractivity contribution < 1.29 is 14.6 Å². The van der Waals surface area contributed by atoms with Gasteiger partial charge in [0.05, 0.1) is 6.54 Å². The van der Waals surface area contributed by atoms with Crippen LogP contribution in [0.25, 0.3) is 0 Å². The monoisotopic (exact) mass is 391 g/mol. The van der Waals surface area contributed by atoms with Gasteiger partial charge in [-0.1, -0.05) is 49.6 Å². The first-order chi connectivity index (χ1) is 12.7. The second kappa shape index (κ2) is 10.2. The molecule has 0 amide bonds. The lowest BCUT2D eigenvalue weighted by molar-refractivity contribution is -0.175. The Balaban J connectivity index is 0.00000261. The zero-order valence-corrected chi connectivity index (χ0v) is 16.0. The minimum atomic E-state index is -1.59. The first kappa shape index (κ1) is 21.1. The number of carbonyl (C=O) groups excluding carboxylic acids is 1. The molecule has 1 heterocycles. The lowest BCUT2D eigenvalue weighted by atomic mass is 9.73. The number of rotatable bonds is 7. The van der Waals surface area contributed by atoms with Crippen LogP contribution < -0.4 is 5.32 Å². The highest BCUT2D eigenvalue weighted by Gasteiger charge is 2.46. The molecule has 1 aromatic carbocycles. The zero-order valence-electron chi connectivity index (χ0n) is 15.2. The molecule has 0 bridgehead atoms. The number of hydrogen-bond acceptors (Lipinski definition) is 6. The third kappa shape index (κ3) is 5.17. The average molecular weight is 392 g/mol. The Morgan fingerprint density at radius 2 is 1.78 bits per heavy atom. The van der Waals surface area contributed by atoms with Crippen LogP contribution >= 0.6 is 12.4 Å². The van der Waals surface area contributed by atoms with Crippen LogP contribution in [0.1, 0.15) is 37.7 Å². The Labute approximate surface area is 165 Å². The summed E-state index contributed by atoms with van der Waals surface area (Å²) in [5.74, 6) is -0.211. The second-order valence-electron chi connectivity index (χ2n) is 6.60. The van der Waals surface area contributed by atoms with Crippen LogP contribution in [-0.4, -0.2) is 34.2 Å². The van der Waals surface area contributed by atoms with Crippen LogP contribution in [0.2, 0.25) is 0 Å². The molecule has 0 spiro atoms. The fraction of sp³-hybridized carbons (Fsp3) is 0.450. The fourth-order valence-corrected chi connectivity index (χ4v) is 3.54. The molecular weight excluding hydrogens is 366 g/mol. The maximum absolute atomic E-state index is 12.8. The van der Waals surface area contributed by atoms with Gasteiger partial charge in [0.1, 0.15) is 6.61 Å². The molecule has 1 fully saturated rings. The standard InChI is InChI=1S/C20H25N3O3.ClH/c24-18(26-15-14-23-19-21-12-7-13-22-19)20(25,16-8-3-1-4-9-16)17-10-5-2-6-11-17;/h1,3-4,7-9,12-13,17,25H,2,5-6,10-11,14-15H2,(H,21,22,23);1H. The summed E-state index contributed by atoms with van der Waals surface area (Å²) in [6, 6.07) is 10.9. The van der Waals surface area contributed by atoms with Crippen molar-refractivity contribution >= 4 is 24.3 Å². The lowest BCUT2D eigenvalue weighted by Crippen LogP contribution is -2.45. The van der Waals surface area contributed by atoms with Gasteiger partial charge in [-0.15, -0.1) is 12.4 Å². The Bertz CT molecular complexity index is 696. The van der Waals surface area contributed by atoms with E-state index in [1.54, 1.807) is 30.6 Å². The van der Waals surface area contributed by atoms with Gasteiger partial charge in [-0.25, -0.2) is 14.8 Å². The van der Waals surface area contributed by atoms with Crippen molar-refractivity contribution in [3.63, 3.8) is 0 Å². The number of anilines is 1. The van der Waals surface area contributed by atoms with E-state index < -0.39 is 11.6 Å². The first-order valence-electron chi connectivity index (χ1n) is 9.17. The summed E-state index contributed by atoms with van der Waals surface area (Å²) in [4.78, 5) is 21.0. The van der Waals surface area contributed by atoms with Gasteiger partial charge >= 0.3 is 5.97 Å². The molecule has 0 aliphatic heterocycles. The highest BCUT2D eigenvalue weighted by atomic mass is 35.5. The highest BCUT2D eigenvalue weighted by Crippen LogP contribution is 2.40. The van der Waals surface area contributed by atoms with Crippen LogP contribution in [0.4, 0.5) is 5.95 Å². The number of nitrogens with zero attached hydrogens (tertiary/aromatic N) is 2. The minimum Gasteiger partial charge on any atom is -0.461 e. The number of hydrogen-bond donors (Lipinski definition) is 2. The number of carbonyl (C=O) groups is 1. The van der Waals surface area contributed by atoms with Crippen molar-refractivity contribution in [2.24, 2.45) is 5.92 Å². The smallest absolute Gasteiger partial charge is 0.343 e. The number of esters is 1. The normalized spacial score (nSPS) is 16.6. The van der Waals surface area contributed by atoms with E-state index in [0.29, 0.717) is 18.1 Å². The molecule has 146 valence electrons. The van der Waals surface area contributed by atoms with Gasteiger partial charge < -0.3 is 15.2 Å². The number of nitrogens with one attached hydrogen (secondary N) is 1. The first-order valence-corrected chi connectivity index (χ1v) is 9.17. The summed E-state index contributed by atoms with van der Waals surface area (Å²) in [5.41, 5.74) is -0.985. The summed E-state index contributed by atoms with van der Waals surface area (Å²) in [6.45, 7) is 0.518. The van der Waals surface area contributed by atoms with Crippen molar-refractivity contribution in [2.75, 3.05) is 18.5 Å². The maximum Gasteiger partial charge on any atom is 0.343 e. The number of halogens is 1. The van der Waals surface area contributed by atoms with E-state index in [9.17, 15) is 9.90 Å². The van der Waals surface area contributed by atoms with Gasteiger partial charge in [-0.05, 0) is 24.5 Å². The summed E-state index contributed by atoms with van der Waals surface area (Å²) in [5, 5.41) is 14.4. The second-order valence-corrected chi connectivity index (χ2v) is 6.60. The fourth-order valence-electron chi connectivity index (χ4n) is 3.54. The summed E-state index contributed by atoms with van der Waals surface area (Å²) in [6.07, 6.45) is 8.14. The van der Waals surface area contributed by atoms with Gasteiger partial charge in [-0.3, -0.25) is 0 Å². The maximum atomic E-state index is 12.8. The number of ether oxygens (including phenoxy) is 1. The van der Waals surface area contributed by atoms with Crippen molar-refractivity contribution in [2.45, 2.75) is 37.7 Å². The molecule has 2 aromatic rings. The van der Waals surface area contributed by atoms with E-state index in [1.165, 1.54) is 0 Å². The quantitative estimate of drug-likeness (QED) is 0.556. The van der Waals surface area contributed by atoms with Gasteiger partial charge in [0.2, 0.25) is 5.95 Å². The molecule has 27 heavy (non-hydrogen) atoms. The third-order valence-corrected chi connectivity index (χ3v) is 4.91. The van der Waals surface area contributed by atoms with E-state index in [4.69, 9.17) is 4.74 Å². The molecule has 1 aromatic heterocycles. The van der Waals surface area contributed by atoms with E-state index in [2.05, 4.69) is 15.3 Å². The summed E-state index contributed by atoms with van der Waals surface area (Å²) < 4.78 is 5.43. The molecule has 1 atom stereocenters. The van der Waals surface area contributed by atoms with Gasteiger partial charge in [0, 0.05) is 18.3 Å². The molecule has 6 nitrogen and oxygen atoms in total. The SMILES string of the molecule is Cl.O=C(OCCNc1ncccn1)C(O)(c1ccccc1)C1CCCCC1. The molecule has 1 aliphatic carbocycles. The Kier molecular flexibility index (Phi) is 8.00. The lowest BCUT2D eigenvalue weighted by Gasteiger charge is -2.36. The highest BCUT2D eigenvalue weighted by molar-refractivity contribution is 5.85. The third-order valence-electron chi connectivity index (χ3n) is 4.91. The summed E-state index contributed by atoms with van der Waals surface area (Å²) >= 11 is 0. The molecule has 0 saturated heterocycles. The van der Waals surface area contributed by atoms with Crippen molar-refractivity contribution in [1.82, 2.24) is 9.97 Å². The van der Waals surface area contributed by atoms with E-state index in [1.807, 2.05) is 18.2 Å². The van der Waals surface area contributed by atoms with Crippen molar-refractivity contribution in [3.05, 3.63) is 54.4 Å². The van der Waals surface area contributed by atoms with Gasteiger partial charge in [-0.2, -0.15) is 0 Å². The van der Waals surface area contributed by atoms with Crippen LogP contribution in [0, 0.1) is 5.92 Å². The molecule has 2 N–H and O–H groups in total. The zero-order chi connectivity index (χ0) is 18.2. The van der Waals surface area contributed by atoms with Gasteiger partial charge in [0.15, 0.2) is 5.60 Å². The van der Waals surface area contributed by atoms with Crippen molar-refractivity contribution in [1.29, 1.82) is 0 Å². The molecule has 1 unspecified atom stereocenters. The predicted molar refractivity (Wildman–Crippen MR) is 106 cm³/mol. The predicted octanol–water partition coefficient (Wildman–Crippen LogP) is 3.32. The number of aromatic nitrogens is 2. The Morgan fingerprint density at radius 3 is 2.44 bits per heavy atom. The molecule has 7 heteroatoms. The Morgan fingerprint density at radius 1 is 1.11 bits per heavy atom. The molecule has 1 saturated carbocycles. The molecular formula is C20H26ClN3O3.